The zero-order valence-electron chi connectivity index (χ0n) is 14.4. The maximum absolute atomic E-state index is 13.1. The summed E-state index contributed by atoms with van der Waals surface area (Å²) in [7, 11) is 0. The Bertz CT molecular complexity index is 953. The van der Waals surface area contributed by atoms with Crippen LogP contribution >= 0.6 is 0 Å². The molecule has 0 aliphatic carbocycles. The Morgan fingerprint density at radius 1 is 0.778 bits per heavy atom. The second-order valence-electron chi connectivity index (χ2n) is 5.75. The van der Waals surface area contributed by atoms with Gasteiger partial charge in [0.1, 0.15) is 11.5 Å². The lowest BCUT2D eigenvalue weighted by Gasteiger charge is -2.11. The maximum Gasteiger partial charge on any atom is 0.272 e. The molecule has 0 bridgehead atoms. The standard InChI is InChI=1S/C22H17FN2O2/c23-18-13-11-16(12-14-18)15-20(22(27)24-19-9-5-2-6-10-19)25-21(26)17-7-3-1-4-8-17/h1-15H,(H,24,27)(H,25,26). The van der Waals surface area contributed by atoms with Gasteiger partial charge in [-0.2, -0.15) is 0 Å². The van der Waals surface area contributed by atoms with Crippen molar-refractivity contribution in [2.45, 2.75) is 0 Å². The van der Waals surface area contributed by atoms with Crippen LogP contribution in [-0.2, 0) is 4.79 Å². The fourth-order valence-corrected chi connectivity index (χ4v) is 2.39. The molecule has 0 aliphatic heterocycles. The van der Waals surface area contributed by atoms with E-state index in [9.17, 15) is 14.0 Å². The van der Waals surface area contributed by atoms with Crippen molar-refractivity contribution in [3.8, 4) is 0 Å². The first kappa shape index (κ1) is 18.1. The van der Waals surface area contributed by atoms with Gasteiger partial charge in [0.15, 0.2) is 0 Å². The van der Waals surface area contributed by atoms with Crippen LogP contribution < -0.4 is 10.6 Å². The highest BCUT2D eigenvalue weighted by Crippen LogP contribution is 2.12. The molecule has 3 aromatic carbocycles. The Kier molecular flexibility index (Phi) is 5.74. The molecule has 0 fully saturated rings. The minimum atomic E-state index is -0.477. The summed E-state index contributed by atoms with van der Waals surface area (Å²) in [6.07, 6.45) is 1.50. The monoisotopic (exact) mass is 360 g/mol. The third-order valence-corrected chi connectivity index (χ3v) is 3.74. The second kappa shape index (κ2) is 8.58. The van der Waals surface area contributed by atoms with Crippen LogP contribution in [0.25, 0.3) is 6.08 Å². The summed E-state index contributed by atoms with van der Waals surface area (Å²) in [4.78, 5) is 25.1. The van der Waals surface area contributed by atoms with E-state index in [2.05, 4.69) is 10.6 Å². The minimum Gasteiger partial charge on any atom is -0.321 e. The van der Waals surface area contributed by atoms with Crippen molar-refractivity contribution in [3.63, 3.8) is 0 Å². The number of para-hydroxylation sites is 1. The Hall–Kier alpha value is -3.73. The summed E-state index contributed by atoms with van der Waals surface area (Å²) in [6.45, 7) is 0. The Morgan fingerprint density at radius 2 is 1.37 bits per heavy atom. The molecule has 5 heteroatoms. The summed E-state index contributed by atoms with van der Waals surface area (Å²) < 4.78 is 13.1. The molecule has 0 saturated heterocycles. The quantitative estimate of drug-likeness (QED) is 0.669. The molecule has 134 valence electrons. The van der Waals surface area contributed by atoms with Gasteiger partial charge in [0, 0.05) is 11.3 Å². The normalized spacial score (nSPS) is 10.9. The highest BCUT2D eigenvalue weighted by molar-refractivity contribution is 6.10. The van der Waals surface area contributed by atoms with Crippen molar-refractivity contribution >= 4 is 23.6 Å². The van der Waals surface area contributed by atoms with Gasteiger partial charge in [-0.25, -0.2) is 4.39 Å². The van der Waals surface area contributed by atoms with Crippen LogP contribution in [0.4, 0.5) is 10.1 Å². The lowest BCUT2D eigenvalue weighted by molar-refractivity contribution is -0.113. The highest BCUT2D eigenvalue weighted by atomic mass is 19.1. The van der Waals surface area contributed by atoms with Gasteiger partial charge < -0.3 is 10.6 Å². The van der Waals surface area contributed by atoms with Gasteiger partial charge in [-0.3, -0.25) is 9.59 Å². The first-order valence-electron chi connectivity index (χ1n) is 8.32. The van der Waals surface area contributed by atoms with Crippen molar-refractivity contribution in [2.24, 2.45) is 0 Å². The Morgan fingerprint density at radius 3 is 2.00 bits per heavy atom. The summed E-state index contributed by atoms with van der Waals surface area (Å²) in [6, 6.07) is 23.1. The lowest BCUT2D eigenvalue weighted by Crippen LogP contribution is -2.30. The fraction of sp³-hybridized carbons (Fsp3) is 0. The van der Waals surface area contributed by atoms with Crippen molar-refractivity contribution in [3.05, 3.63) is 108 Å². The topological polar surface area (TPSA) is 58.2 Å². The maximum atomic E-state index is 13.1. The van der Waals surface area contributed by atoms with Crippen LogP contribution in [0, 0.1) is 5.82 Å². The highest BCUT2D eigenvalue weighted by Gasteiger charge is 2.15. The van der Waals surface area contributed by atoms with Gasteiger partial charge >= 0.3 is 0 Å². The Balaban J connectivity index is 1.87. The molecule has 0 atom stereocenters. The minimum absolute atomic E-state index is 0.0549. The third-order valence-electron chi connectivity index (χ3n) is 3.74. The predicted molar refractivity (Wildman–Crippen MR) is 103 cm³/mol. The van der Waals surface area contributed by atoms with Crippen LogP contribution in [-0.4, -0.2) is 11.8 Å². The van der Waals surface area contributed by atoms with Crippen LogP contribution in [0.3, 0.4) is 0 Å². The summed E-state index contributed by atoms with van der Waals surface area (Å²) in [5.41, 5.74) is 1.67. The molecule has 2 N–H and O–H groups in total. The number of halogens is 1. The van der Waals surface area contributed by atoms with Crippen LogP contribution in [0.1, 0.15) is 15.9 Å². The van der Waals surface area contributed by atoms with E-state index in [1.54, 1.807) is 54.6 Å². The van der Waals surface area contributed by atoms with Gasteiger partial charge in [0.05, 0.1) is 0 Å². The van der Waals surface area contributed by atoms with E-state index < -0.39 is 11.8 Å². The molecule has 0 heterocycles. The van der Waals surface area contributed by atoms with Crippen molar-refractivity contribution in [2.75, 3.05) is 5.32 Å². The molecular weight excluding hydrogens is 343 g/mol. The largest absolute Gasteiger partial charge is 0.321 e. The molecule has 0 unspecified atom stereocenters. The Labute approximate surface area is 156 Å². The molecule has 27 heavy (non-hydrogen) atoms. The summed E-state index contributed by atoms with van der Waals surface area (Å²) in [5.74, 6) is -1.27. The first-order chi connectivity index (χ1) is 13.1. The van der Waals surface area contributed by atoms with Crippen molar-refractivity contribution < 1.29 is 14.0 Å². The molecule has 4 nitrogen and oxygen atoms in total. The molecule has 3 aromatic rings. The van der Waals surface area contributed by atoms with E-state index in [0.29, 0.717) is 16.8 Å². The van der Waals surface area contributed by atoms with Gasteiger partial charge in [-0.05, 0) is 48.0 Å². The molecule has 0 radical (unpaired) electrons. The molecule has 0 saturated carbocycles. The van der Waals surface area contributed by atoms with Crippen LogP contribution in [0.5, 0.6) is 0 Å². The average molecular weight is 360 g/mol. The van der Waals surface area contributed by atoms with E-state index in [4.69, 9.17) is 0 Å². The number of carbonyl (C=O) groups excluding carboxylic acids is 2. The summed E-state index contributed by atoms with van der Waals surface area (Å²) in [5, 5.41) is 5.37. The predicted octanol–water partition coefficient (Wildman–Crippen LogP) is 4.24. The number of hydrogen-bond acceptors (Lipinski definition) is 2. The number of anilines is 1. The number of benzene rings is 3. The van der Waals surface area contributed by atoms with E-state index in [1.807, 2.05) is 6.07 Å². The van der Waals surface area contributed by atoms with Crippen molar-refractivity contribution in [1.29, 1.82) is 0 Å². The fourth-order valence-electron chi connectivity index (χ4n) is 2.39. The molecule has 0 aliphatic rings. The van der Waals surface area contributed by atoms with Crippen LogP contribution in [0.2, 0.25) is 0 Å². The van der Waals surface area contributed by atoms with Crippen LogP contribution in [0.15, 0.2) is 90.6 Å². The van der Waals surface area contributed by atoms with Gasteiger partial charge in [0.2, 0.25) is 0 Å². The zero-order chi connectivity index (χ0) is 19.1. The number of hydrogen-bond donors (Lipinski definition) is 2. The molecular formula is C22H17FN2O2. The van der Waals surface area contributed by atoms with Gasteiger partial charge in [0.25, 0.3) is 11.8 Å². The molecule has 0 aromatic heterocycles. The number of rotatable bonds is 5. The second-order valence-corrected chi connectivity index (χ2v) is 5.75. The molecule has 0 spiro atoms. The van der Waals surface area contributed by atoms with E-state index in [0.717, 1.165) is 0 Å². The average Bonchev–Trinajstić information content (AvgIpc) is 2.70. The van der Waals surface area contributed by atoms with E-state index in [1.165, 1.54) is 30.3 Å². The smallest absolute Gasteiger partial charge is 0.272 e. The van der Waals surface area contributed by atoms with E-state index >= 15 is 0 Å². The summed E-state index contributed by atoms with van der Waals surface area (Å²) >= 11 is 0. The van der Waals surface area contributed by atoms with Gasteiger partial charge in [-0.15, -0.1) is 0 Å². The number of amides is 2. The third kappa shape index (κ3) is 5.12. The molecule has 2 amide bonds. The SMILES string of the molecule is O=C(Nc1ccccc1)C(=Cc1ccc(F)cc1)NC(=O)c1ccccc1. The van der Waals surface area contributed by atoms with Gasteiger partial charge in [-0.1, -0.05) is 48.5 Å². The first-order valence-corrected chi connectivity index (χ1v) is 8.32. The van der Waals surface area contributed by atoms with E-state index in [-0.39, 0.29) is 11.5 Å². The van der Waals surface area contributed by atoms with Crippen molar-refractivity contribution in [1.82, 2.24) is 5.32 Å². The zero-order valence-corrected chi connectivity index (χ0v) is 14.4. The molecule has 3 rings (SSSR count). The number of carbonyl (C=O) groups is 2. The number of nitrogens with one attached hydrogen (secondary N) is 2. The lowest BCUT2D eigenvalue weighted by atomic mass is 10.1.